The number of nitrogens with two attached hydrogens (primary N) is 1. The van der Waals surface area contributed by atoms with Gasteiger partial charge in [-0.15, -0.1) is 0 Å². The molecule has 0 bridgehead atoms. The van der Waals surface area contributed by atoms with Gasteiger partial charge in [0.15, 0.2) is 5.78 Å². The molecule has 1 saturated carbocycles. The lowest BCUT2D eigenvalue weighted by Crippen LogP contribution is -2.05. The van der Waals surface area contributed by atoms with Gasteiger partial charge in [-0.1, -0.05) is 11.6 Å². The van der Waals surface area contributed by atoms with Gasteiger partial charge in [-0.3, -0.25) is 4.79 Å². The number of Topliss-reactive ketones (excluding diaryl/α,β-unsaturated/α-hetero) is 1. The Bertz CT molecular complexity index is 358. The van der Waals surface area contributed by atoms with E-state index in [0.29, 0.717) is 16.3 Å². The van der Waals surface area contributed by atoms with Crippen molar-refractivity contribution in [2.75, 3.05) is 5.73 Å². The first-order valence-electron chi connectivity index (χ1n) is 4.27. The Balaban J connectivity index is 2.37. The van der Waals surface area contributed by atoms with Crippen LogP contribution in [0.25, 0.3) is 0 Å². The van der Waals surface area contributed by atoms with Gasteiger partial charge in [-0.05, 0) is 31.0 Å². The molecule has 0 atom stereocenters. The second kappa shape index (κ2) is 3.04. The van der Waals surface area contributed by atoms with Crippen molar-refractivity contribution < 1.29 is 4.79 Å². The molecule has 68 valence electrons. The number of ketones is 1. The number of hydrogen-bond donors (Lipinski definition) is 1. The van der Waals surface area contributed by atoms with Crippen molar-refractivity contribution in [3.8, 4) is 0 Å². The molecule has 2 N–H and O–H groups in total. The Morgan fingerprint density at radius 3 is 2.77 bits per heavy atom. The molecule has 0 saturated heterocycles. The summed E-state index contributed by atoms with van der Waals surface area (Å²) in [7, 11) is 0. The SMILES string of the molecule is Nc1ccc(Cl)cc1C(=O)C1CC1. The number of halogens is 1. The maximum Gasteiger partial charge on any atom is 0.168 e. The van der Waals surface area contributed by atoms with Crippen LogP contribution in [0.1, 0.15) is 23.2 Å². The van der Waals surface area contributed by atoms with E-state index in [9.17, 15) is 4.79 Å². The molecule has 13 heavy (non-hydrogen) atoms. The van der Waals surface area contributed by atoms with Gasteiger partial charge >= 0.3 is 0 Å². The summed E-state index contributed by atoms with van der Waals surface area (Å²) in [5, 5.41) is 0.568. The molecular formula is C10H10ClNO. The average Bonchev–Trinajstić information content (AvgIpc) is 2.91. The van der Waals surface area contributed by atoms with E-state index in [-0.39, 0.29) is 11.7 Å². The van der Waals surface area contributed by atoms with Crippen LogP contribution in [0.15, 0.2) is 18.2 Å². The number of carbonyl (C=O) groups is 1. The molecule has 1 aliphatic carbocycles. The normalized spacial score (nSPS) is 15.8. The van der Waals surface area contributed by atoms with Crippen LogP contribution in [0, 0.1) is 5.92 Å². The third-order valence-corrected chi connectivity index (χ3v) is 2.46. The van der Waals surface area contributed by atoms with Crippen molar-refractivity contribution in [2.45, 2.75) is 12.8 Å². The second-order valence-corrected chi connectivity index (χ2v) is 3.81. The zero-order chi connectivity index (χ0) is 9.42. The molecule has 0 spiro atoms. The molecule has 0 aromatic heterocycles. The van der Waals surface area contributed by atoms with E-state index in [1.807, 2.05) is 0 Å². The molecule has 1 aromatic rings. The predicted octanol–water partition coefficient (Wildman–Crippen LogP) is 2.51. The predicted molar refractivity (Wildman–Crippen MR) is 52.9 cm³/mol. The van der Waals surface area contributed by atoms with Crippen LogP contribution in [0.4, 0.5) is 5.69 Å². The molecule has 0 heterocycles. The largest absolute Gasteiger partial charge is 0.398 e. The van der Waals surface area contributed by atoms with Gasteiger partial charge < -0.3 is 5.73 Å². The summed E-state index contributed by atoms with van der Waals surface area (Å²) in [4.78, 5) is 11.6. The van der Waals surface area contributed by atoms with Gasteiger partial charge in [-0.2, -0.15) is 0 Å². The van der Waals surface area contributed by atoms with Gasteiger partial charge in [-0.25, -0.2) is 0 Å². The third-order valence-electron chi connectivity index (χ3n) is 2.23. The van der Waals surface area contributed by atoms with Gasteiger partial charge in [0.25, 0.3) is 0 Å². The number of rotatable bonds is 2. The van der Waals surface area contributed by atoms with E-state index < -0.39 is 0 Å². The molecule has 2 nitrogen and oxygen atoms in total. The minimum absolute atomic E-state index is 0.139. The van der Waals surface area contributed by atoms with Crippen molar-refractivity contribution >= 4 is 23.1 Å². The third kappa shape index (κ3) is 1.68. The van der Waals surface area contributed by atoms with E-state index in [2.05, 4.69) is 0 Å². The van der Waals surface area contributed by atoms with Crippen LogP contribution in [0.5, 0.6) is 0 Å². The maximum atomic E-state index is 11.6. The first-order valence-corrected chi connectivity index (χ1v) is 4.65. The molecule has 0 unspecified atom stereocenters. The monoisotopic (exact) mass is 195 g/mol. The molecule has 3 heteroatoms. The fraction of sp³-hybridized carbons (Fsp3) is 0.300. The van der Waals surface area contributed by atoms with Crippen molar-refractivity contribution in [3.63, 3.8) is 0 Å². The molecule has 1 aliphatic rings. The van der Waals surface area contributed by atoms with Crippen molar-refractivity contribution in [1.82, 2.24) is 0 Å². The highest BCUT2D eigenvalue weighted by atomic mass is 35.5. The van der Waals surface area contributed by atoms with E-state index in [0.717, 1.165) is 12.8 Å². The highest BCUT2D eigenvalue weighted by Crippen LogP contribution is 2.34. The second-order valence-electron chi connectivity index (χ2n) is 3.37. The quantitative estimate of drug-likeness (QED) is 0.582. The molecule has 0 radical (unpaired) electrons. The summed E-state index contributed by atoms with van der Waals surface area (Å²) in [5.74, 6) is 0.334. The smallest absolute Gasteiger partial charge is 0.168 e. The highest BCUT2D eigenvalue weighted by Gasteiger charge is 2.31. The van der Waals surface area contributed by atoms with Crippen molar-refractivity contribution in [2.24, 2.45) is 5.92 Å². The fourth-order valence-electron chi connectivity index (χ4n) is 1.31. The van der Waals surface area contributed by atoms with Gasteiger partial charge in [0, 0.05) is 22.2 Å². The van der Waals surface area contributed by atoms with Crippen LogP contribution >= 0.6 is 11.6 Å². The van der Waals surface area contributed by atoms with E-state index >= 15 is 0 Å². The molecule has 2 rings (SSSR count). The highest BCUT2D eigenvalue weighted by molar-refractivity contribution is 6.31. The van der Waals surface area contributed by atoms with E-state index in [4.69, 9.17) is 17.3 Å². The Kier molecular flexibility index (Phi) is 2.00. The Morgan fingerprint density at radius 2 is 2.15 bits per heavy atom. The summed E-state index contributed by atoms with van der Waals surface area (Å²) in [5.41, 5.74) is 6.78. The van der Waals surface area contributed by atoms with E-state index in [1.165, 1.54) is 0 Å². The number of benzene rings is 1. The van der Waals surface area contributed by atoms with Crippen molar-refractivity contribution in [1.29, 1.82) is 0 Å². The average molecular weight is 196 g/mol. The van der Waals surface area contributed by atoms with Crippen LogP contribution in [-0.4, -0.2) is 5.78 Å². The summed E-state index contributed by atoms with van der Waals surface area (Å²) < 4.78 is 0. The first kappa shape index (κ1) is 8.57. The lowest BCUT2D eigenvalue weighted by atomic mass is 10.1. The maximum absolute atomic E-state index is 11.6. The van der Waals surface area contributed by atoms with Crippen LogP contribution in [-0.2, 0) is 0 Å². The standard InChI is InChI=1S/C10H10ClNO/c11-7-3-4-9(12)8(5-7)10(13)6-1-2-6/h3-6H,1-2,12H2. The number of carbonyl (C=O) groups excluding carboxylic acids is 1. The van der Waals surface area contributed by atoms with Crippen molar-refractivity contribution in [3.05, 3.63) is 28.8 Å². The lowest BCUT2D eigenvalue weighted by molar-refractivity contribution is 0.0968. The molecule has 0 amide bonds. The summed E-state index contributed by atoms with van der Waals surface area (Å²) in [6, 6.07) is 5.02. The summed E-state index contributed by atoms with van der Waals surface area (Å²) in [6.45, 7) is 0. The minimum Gasteiger partial charge on any atom is -0.398 e. The fourth-order valence-corrected chi connectivity index (χ4v) is 1.48. The minimum atomic E-state index is 0.139. The zero-order valence-corrected chi connectivity index (χ0v) is 7.84. The topological polar surface area (TPSA) is 43.1 Å². The van der Waals surface area contributed by atoms with Gasteiger partial charge in [0.2, 0.25) is 0 Å². The number of hydrogen-bond acceptors (Lipinski definition) is 2. The van der Waals surface area contributed by atoms with Crippen LogP contribution in [0.3, 0.4) is 0 Å². The summed E-state index contributed by atoms with van der Waals surface area (Å²) >= 11 is 5.78. The molecule has 1 aromatic carbocycles. The molecule has 1 fully saturated rings. The number of anilines is 1. The Hall–Kier alpha value is -1.02. The molecule has 0 aliphatic heterocycles. The van der Waals surface area contributed by atoms with Crippen LogP contribution < -0.4 is 5.73 Å². The van der Waals surface area contributed by atoms with Gasteiger partial charge in [0.05, 0.1) is 0 Å². The van der Waals surface area contributed by atoms with E-state index in [1.54, 1.807) is 18.2 Å². The zero-order valence-electron chi connectivity index (χ0n) is 7.09. The van der Waals surface area contributed by atoms with Gasteiger partial charge in [0.1, 0.15) is 0 Å². The lowest BCUT2D eigenvalue weighted by Gasteiger charge is -2.03. The number of nitrogen functional groups attached to an aromatic ring is 1. The summed E-state index contributed by atoms with van der Waals surface area (Å²) in [6.07, 6.45) is 1.98. The molecular weight excluding hydrogens is 186 g/mol. The Morgan fingerprint density at radius 1 is 1.46 bits per heavy atom. The Labute approximate surface area is 81.7 Å². The first-order chi connectivity index (χ1) is 6.18. The van der Waals surface area contributed by atoms with Crippen LogP contribution in [0.2, 0.25) is 5.02 Å².